The summed E-state index contributed by atoms with van der Waals surface area (Å²) in [6, 6.07) is 17.3. The fraction of sp³-hybridized carbons (Fsp3) is 0. The van der Waals surface area contributed by atoms with E-state index in [9.17, 15) is 0 Å². The molecule has 0 N–H and O–H groups in total. The number of hydrogen-bond acceptors (Lipinski definition) is 0. The van der Waals surface area contributed by atoms with E-state index in [2.05, 4.69) is 88.0 Å². The quantitative estimate of drug-likeness (QED) is 0.544. The van der Waals surface area contributed by atoms with Gasteiger partial charge < -0.3 is 0 Å². The van der Waals surface area contributed by atoms with Crippen LogP contribution in [0.3, 0.4) is 0 Å². The zero-order valence-corrected chi connectivity index (χ0v) is 17.3. The normalized spacial score (nSPS) is 11.2. The van der Waals surface area contributed by atoms with Gasteiger partial charge in [-0.05, 0) is 21.5 Å². The first kappa shape index (κ1) is 19.6. The van der Waals surface area contributed by atoms with Gasteiger partial charge in [-0.3, -0.25) is 0 Å². The van der Waals surface area contributed by atoms with Crippen LogP contribution < -0.4 is 10.4 Å². The zero-order valence-electron chi connectivity index (χ0n) is 15.3. The second-order valence-corrected chi connectivity index (χ2v) is 13.6. The van der Waals surface area contributed by atoms with Gasteiger partial charge in [-0.2, -0.15) is 0 Å². The van der Waals surface area contributed by atoms with Gasteiger partial charge in [0.2, 0.25) is 0 Å². The summed E-state index contributed by atoms with van der Waals surface area (Å²) in [4.78, 5) is 0. The topological polar surface area (TPSA) is 0 Å². The van der Waals surface area contributed by atoms with Crippen LogP contribution in [0, 0.1) is 0 Å². The van der Waals surface area contributed by atoms with Crippen molar-refractivity contribution in [3.63, 3.8) is 0 Å². The Morgan fingerprint density at radius 1 is 0.423 bits per heavy atom. The van der Waals surface area contributed by atoms with E-state index in [4.69, 9.17) is 0 Å². The van der Waals surface area contributed by atoms with Crippen LogP contribution in [-0.2, 0) is 0 Å². The molecule has 0 aliphatic carbocycles. The van der Waals surface area contributed by atoms with Gasteiger partial charge >= 0.3 is 0 Å². The molecular weight excluding hydrogens is 344 g/mol. The molecule has 0 saturated carbocycles. The Hall–Kier alpha value is -2.69. The largest absolute Gasteiger partial charge is 0.156 e. The van der Waals surface area contributed by atoms with Gasteiger partial charge in [0.25, 0.3) is 0 Å². The summed E-state index contributed by atoms with van der Waals surface area (Å²) in [5, 5.41) is 2.49. The maximum Gasteiger partial charge on any atom is 0.156 e. The van der Waals surface area contributed by atoms with E-state index in [1.807, 2.05) is 34.2 Å². The Kier molecular flexibility index (Phi) is 6.14. The molecule has 0 unspecified atom stereocenters. The fourth-order valence-corrected chi connectivity index (χ4v) is 7.01. The molecule has 2 aromatic carbocycles. The van der Waals surface area contributed by atoms with Crippen LogP contribution in [0.2, 0.25) is 0 Å². The van der Waals surface area contributed by atoms with Crippen LogP contribution in [-0.4, -0.2) is 16.1 Å². The van der Waals surface area contributed by atoms with E-state index in [0.29, 0.717) is 0 Å². The van der Waals surface area contributed by atoms with Crippen molar-refractivity contribution in [1.82, 2.24) is 0 Å². The summed E-state index contributed by atoms with van der Waals surface area (Å²) in [5.41, 5.74) is 14.4. The monoisotopic (exact) mass is 370 g/mol. The minimum absolute atomic E-state index is 1.18. The SMILES string of the molecule is C=C[Si](C=C)(C=C)c1ccc(-c2ccc([Si](C=C)(C=C)C=C)cc2)cc1. The van der Waals surface area contributed by atoms with E-state index in [1.165, 1.54) is 21.5 Å². The summed E-state index contributed by atoms with van der Waals surface area (Å²) >= 11 is 0. The molecule has 0 aromatic heterocycles. The molecule has 0 nitrogen and oxygen atoms in total. The molecule has 0 fully saturated rings. The number of hydrogen-bond donors (Lipinski definition) is 0. The molecule has 0 heterocycles. The molecule has 0 radical (unpaired) electrons. The molecule has 0 spiro atoms. The van der Waals surface area contributed by atoms with E-state index < -0.39 is 16.1 Å². The van der Waals surface area contributed by atoms with Crippen LogP contribution in [0.25, 0.3) is 11.1 Å². The Balaban J connectivity index is 2.39. The summed E-state index contributed by atoms with van der Waals surface area (Å²) in [5.74, 6) is 0. The Morgan fingerprint density at radius 2 is 0.654 bits per heavy atom. The molecule has 0 aliphatic rings. The highest BCUT2D eigenvalue weighted by molar-refractivity contribution is 7.04. The average Bonchev–Trinajstić information content (AvgIpc) is 2.72. The summed E-state index contributed by atoms with van der Waals surface area (Å²) in [6.07, 6.45) is 0. The van der Waals surface area contributed by atoms with Gasteiger partial charge in [0, 0.05) is 0 Å². The molecule has 2 aromatic rings. The molecule has 0 saturated heterocycles. The Bertz CT molecular complexity index is 722. The molecule has 26 heavy (non-hydrogen) atoms. The van der Waals surface area contributed by atoms with Crippen LogP contribution in [0.15, 0.2) is 122 Å². The first-order chi connectivity index (χ1) is 12.5. The van der Waals surface area contributed by atoms with Gasteiger partial charge in [0.1, 0.15) is 0 Å². The van der Waals surface area contributed by atoms with Gasteiger partial charge in [-0.1, -0.05) is 82.7 Å². The first-order valence-corrected chi connectivity index (χ1v) is 13.0. The lowest BCUT2D eigenvalue weighted by molar-refractivity contribution is 1.64. The fourth-order valence-electron chi connectivity index (χ4n) is 3.11. The van der Waals surface area contributed by atoms with E-state index >= 15 is 0 Å². The maximum atomic E-state index is 3.99. The van der Waals surface area contributed by atoms with Gasteiger partial charge in [-0.25, -0.2) is 0 Å². The van der Waals surface area contributed by atoms with Crippen LogP contribution in [0.4, 0.5) is 0 Å². The van der Waals surface area contributed by atoms with Gasteiger partial charge in [0.15, 0.2) is 16.1 Å². The predicted molar refractivity (Wildman–Crippen MR) is 124 cm³/mol. The van der Waals surface area contributed by atoms with Crippen molar-refractivity contribution >= 4 is 26.5 Å². The van der Waals surface area contributed by atoms with Crippen molar-refractivity contribution in [2.45, 2.75) is 0 Å². The third-order valence-electron chi connectivity index (χ3n) is 5.13. The van der Waals surface area contributed by atoms with Crippen molar-refractivity contribution in [2.75, 3.05) is 0 Å². The molecule has 0 bridgehead atoms. The van der Waals surface area contributed by atoms with Crippen LogP contribution >= 0.6 is 0 Å². The molecule has 0 atom stereocenters. The summed E-state index contributed by atoms with van der Waals surface area (Å²) in [7, 11) is -4.00. The van der Waals surface area contributed by atoms with Crippen LogP contribution in [0.5, 0.6) is 0 Å². The molecule has 0 amide bonds. The highest BCUT2D eigenvalue weighted by Gasteiger charge is 2.25. The van der Waals surface area contributed by atoms with Gasteiger partial charge in [-0.15, -0.1) is 39.5 Å². The maximum absolute atomic E-state index is 3.99. The highest BCUT2D eigenvalue weighted by atomic mass is 28.3. The number of benzene rings is 2. The average molecular weight is 371 g/mol. The lowest BCUT2D eigenvalue weighted by Crippen LogP contribution is -2.42. The molecular formula is C24H26Si2. The minimum Gasteiger partial charge on any atom is -0.106 e. The van der Waals surface area contributed by atoms with Crippen molar-refractivity contribution in [3.05, 3.63) is 122 Å². The van der Waals surface area contributed by atoms with Crippen molar-refractivity contribution in [1.29, 1.82) is 0 Å². The van der Waals surface area contributed by atoms with Crippen molar-refractivity contribution in [3.8, 4) is 11.1 Å². The molecule has 2 rings (SSSR count). The van der Waals surface area contributed by atoms with Gasteiger partial charge in [0.05, 0.1) is 0 Å². The smallest absolute Gasteiger partial charge is 0.106 e. The Labute approximate surface area is 159 Å². The lowest BCUT2D eigenvalue weighted by atomic mass is 10.1. The third kappa shape index (κ3) is 3.34. The lowest BCUT2D eigenvalue weighted by Gasteiger charge is -2.21. The van der Waals surface area contributed by atoms with E-state index in [-0.39, 0.29) is 0 Å². The Morgan fingerprint density at radius 3 is 0.846 bits per heavy atom. The van der Waals surface area contributed by atoms with Crippen molar-refractivity contribution in [2.24, 2.45) is 0 Å². The first-order valence-electron chi connectivity index (χ1n) is 8.57. The second-order valence-electron chi connectivity index (χ2n) is 6.25. The van der Waals surface area contributed by atoms with Crippen LogP contribution in [0.1, 0.15) is 0 Å². The predicted octanol–water partition coefficient (Wildman–Crippen LogP) is 5.02. The highest BCUT2D eigenvalue weighted by Crippen LogP contribution is 2.20. The molecule has 0 aliphatic heterocycles. The summed E-state index contributed by atoms with van der Waals surface area (Å²) < 4.78 is 0. The van der Waals surface area contributed by atoms with E-state index in [1.54, 1.807) is 0 Å². The zero-order chi connectivity index (χ0) is 19.2. The second kappa shape index (κ2) is 8.13. The minimum atomic E-state index is -2.00. The number of rotatable bonds is 9. The van der Waals surface area contributed by atoms with E-state index in [0.717, 1.165) is 0 Å². The summed E-state index contributed by atoms with van der Waals surface area (Å²) in [6.45, 7) is 23.9. The van der Waals surface area contributed by atoms with Crippen molar-refractivity contribution < 1.29 is 0 Å². The molecule has 130 valence electrons. The third-order valence-corrected chi connectivity index (χ3v) is 11.8. The molecule has 2 heteroatoms. The standard InChI is InChI=1S/C24H26Si2/c1-7-25(8-2,9-3)23-17-13-21(14-18-23)22-15-19-24(20-16-22)26(10-4,11-5)12-6/h7-20H,1-6H2.